The summed E-state index contributed by atoms with van der Waals surface area (Å²) in [5.74, 6) is -0.205. The average molecular weight is 437 g/mol. The summed E-state index contributed by atoms with van der Waals surface area (Å²) in [7, 11) is 0. The number of carbonyl (C=O) groups excluding carboxylic acids is 1. The van der Waals surface area contributed by atoms with Crippen LogP contribution in [0.2, 0.25) is 0 Å². The maximum Gasteiger partial charge on any atom is 0.316 e. The molecule has 152 valence electrons. The van der Waals surface area contributed by atoms with Gasteiger partial charge in [-0.15, -0.1) is 11.3 Å². The molecule has 0 radical (unpaired) electrons. The highest BCUT2D eigenvalue weighted by Gasteiger charge is 2.14. The minimum Gasteiger partial charge on any atom is -0.465 e. The van der Waals surface area contributed by atoms with Crippen LogP contribution < -0.4 is 5.56 Å². The van der Waals surface area contributed by atoms with Gasteiger partial charge in [-0.05, 0) is 24.0 Å². The third-order valence-electron chi connectivity index (χ3n) is 4.55. The van der Waals surface area contributed by atoms with E-state index in [-0.39, 0.29) is 17.3 Å². The number of thiophene rings is 1. The Hall–Kier alpha value is -2.90. The van der Waals surface area contributed by atoms with Gasteiger partial charge in [-0.25, -0.2) is 4.98 Å². The van der Waals surface area contributed by atoms with Crippen molar-refractivity contribution in [2.45, 2.75) is 18.0 Å². The maximum absolute atomic E-state index is 12.6. The highest BCUT2D eigenvalue weighted by atomic mass is 32.2. The largest absolute Gasteiger partial charge is 0.465 e. The Morgan fingerprint density at radius 1 is 1.07 bits per heavy atom. The molecule has 1 N–H and O–H groups in total. The molecule has 0 spiro atoms. The van der Waals surface area contributed by atoms with Gasteiger partial charge in [0.2, 0.25) is 0 Å². The lowest BCUT2D eigenvalue weighted by Crippen LogP contribution is -2.12. The molecule has 2 aromatic heterocycles. The number of fused-ring (bicyclic) bond motifs is 1. The Balaban J connectivity index is 1.33. The number of H-pyrrole nitrogens is 1. The van der Waals surface area contributed by atoms with E-state index in [4.69, 9.17) is 4.74 Å². The zero-order chi connectivity index (χ0) is 20.8. The monoisotopic (exact) mass is 436 g/mol. The molecule has 0 saturated carbocycles. The van der Waals surface area contributed by atoms with E-state index in [1.165, 1.54) is 28.7 Å². The number of hydrogen-bond acceptors (Lipinski definition) is 6. The Bertz CT molecular complexity index is 1190. The first-order chi connectivity index (χ1) is 14.7. The highest BCUT2D eigenvalue weighted by molar-refractivity contribution is 7.99. The summed E-state index contributed by atoms with van der Waals surface area (Å²) in [4.78, 5) is 32.6. The minimum absolute atomic E-state index is 0.108. The number of carbonyl (C=O) groups is 1. The molecule has 0 saturated heterocycles. The first kappa shape index (κ1) is 20.4. The third kappa shape index (κ3) is 4.98. The molecule has 0 unspecified atom stereocenters. The first-order valence-electron chi connectivity index (χ1n) is 9.60. The lowest BCUT2D eigenvalue weighted by atomic mass is 10.1. The molecule has 4 aromatic rings. The number of ether oxygens (including phenoxy) is 1. The second-order valence-electron chi connectivity index (χ2n) is 6.66. The maximum atomic E-state index is 12.6. The summed E-state index contributed by atoms with van der Waals surface area (Å²) >= 11 is 2.61. The average Bonchev–Trinajstić information content (AvgIpc) is 3.21. The number of esters is 1. The smallest absolute Gasteiger partial charge is 0.316 e. The van der Waals surface area contributed by atoms with Gasteiger partial charge < -0.3 is 9.72 Å². The van der Waals surface area contributed by atoms with Crippen LogP contribution in [-0.4, -0.2) is 28.3 Å². The number of nitrogens with zero attached hydrogens (tertiary/aromatic N) is 1. The number of aryl methyl sites for hydroxylation is 1. The number of aromatic amines is 1. The van der Waals surface area contributed by atoms with Crippen LogP contribution in [0, 0.1) is 0 Å². The molecule has 4 rings (SSSR count). The van der Waals surface area contributed by atoms with Crippen molar-refractivity contribution in [1.82, 2.24) is 9.97 Å². The van der Waals surface area contributed by atoms with Gasteiger partial charge in [0.1, 0.15) is 4.83 Å². The zero-order valence-corrected chi connectivity index (χ0v) is 17.8. The van der Waals surface area contributed by atoms with E-state index < -0.39 is 0 Å². The molecule has 0 aliphatic carbocycles. The van der Waals surface area contributed by atoms with E-state index in [2.05, 4.69) is 22.1 Å². The van der Waals surface area contributed by atoms with Crippen LogP contribution in [-0.2, 0) is 16.0 Å². The van der Waals surface area contributed by atoms with E-state index in [0.29, 0.717) is 22.0 Å². The molecule has 0 fully saturated rings. The fourth-order valence-corrected chi connectivity index (χ4v) is 4.77. The third-order valence-corrected chi connectivity index (χ3v) is 6.27. The molecule has 5 nitrogen and oxygen atoms in total. The van der Waals surface area contributed by atoms with Crippen molar-refractivity contribution in [2.75, 3.05) is 12.4 Å². The quantitative estimate of drug-likeness (QED) is 0.184. The number of hydrogen-bond donors (Lipinski definition) is 1. The number of nitrogens with one attached hydrogen (secondary N) is 1. The molecule has 0 atom stereocenters. The van der Waals surface area contributed by atoms with Gasteiger partial charge in [0.15, 0.2) is 5.16 Å². The van der Waals surface area contributed by atoms with E-state index in [1.807, 2.05) is 53.9 Å². The molecule has 2 aromatic carbocycles. The lowest BCUT2D eigenvalue weighted by molar-refractivity contribution is -0.140. The molecule has 2 heterocycles. The van der Waals surface area contributed by atoms with Gasteiger partial charge in [-0.2, -0.15) is 0 Å². The van der Waals surface area contributed by atoms with Crippen molar-refractivity contribution in [3.8, 4) is 11.1 Å². The fraction of sp³-hybridized carbons (Fsp3) is 0.174. The second-order valence-corrected chi connectivity index (χ2v) is 8.49. The predicted octanol–water partition coefficient (Wildman–Crippen LogP) is 4.92. The van der Waals surface area contributed by atoms with Crippen LogP contribution in [0.15, 0.2) is 76.0 Å². The Morgan fingerprint density at radius 2 is 1.80 bits per heavy atom. The van der Waals surface area contributed by atoms with Crippen molar-refractivity contribution >= 4 is 39.3 Å². The normalized spacial score (nSPS) is 10.9. The van der Waals surface area contributed by atoms with E-state index >= 15 is 0 Å². The standard InChI is InChI=1S/C23H20N2O3S2/c26-19(28-13-7-10-16-8-3-1-4-9-16)15-30-23-24-21(27)20-18(14-29-22(20)25-23)17-11-5-2-6-12-17/h1-6,8-9,11-12,14H,7,10,13,15H2,(H,24,25,27). The molecule has 0 amide bonds. The van der Waals surface area contributed by atoms with Gasteiger partial charge >= 0.3 is 5.97 Å². The van der Waals surface area contributed by atoms with Crippen molar-refractivity contribution in [2.24, 2.45) is 0 Å². The van der Waals surface area contributed by atoms with Gasteiger partial charge in [-0.3, -0.25) is 9.59 Å². The zero-order valence-electron chi connectivity index (χ0n) is 16.2. The Kier molecular flexibility index (Phi) is 6.61. The van der Waals surface area contributed by atoms with Crippen molar-refractivity contribution in [3.63, 3.8) is 0 Å². The van der Waals surface area contributed by atoms with Crippen LogP contribution in [0.3, 0.4) is 0 Å². The van der Waals surface area contributed by atoms with Gasteiger partial charge in [0.25, 0.3) is 5.56 Å². The number of benzene rings is 2. The predicted molar refractivity (Wildman–Crippen MR) is 122 cm³/mol. The van der Waals surface area contributed by atoms with Crippen molar-refractivity contribution in [3.05, 3.63) is 82.0 Å². The van der Waals surface area contributed by atoms with Gasteiger partial charge in [-0.1, -0.05) is 72.4 Å². The molecule has 7 heteroatoms. The summed E-state index contributed by atoms with van der Waals surface area (Å²) in [6, 6.07) is 19.9. The fourth-order valence-electron chi connectivity index (χ4n) is 3.10. The topological polar surface area (TPSA) is 72.0 Å². The van der Waals surface area contributed by atoms with Crippen molar-refractivity contribution in [1.29, 1.82) is 0 Å². The van der Waals surface area contributed by atoms with Crippen LogP contribution in [0.4, 0.5) is 0 Å². The second kappa shape index (κ2) is 9.73. The molecule has 0 bridgehead atoms. The molecule has 30 heavy (non-hydrogen) atoms. The Labute approximate surface area is 182 Å². The summed E-state index contributed by atoms with van der Waals surface area (Å²) in [5, 5.41) is 2.95. The minimum atomic E-state index is -0.313. The number of rotatable bonds is 8. The SMILES string of the molecule is O=C(CSc1nc2scc(-c3ccccc3)c2c(=O)[nH]1)OCCCc1ccccc1. The number of thioether (sulfide) groups is 1. The van der Waals surface area contributed by atoms with Crippen molar-refractivity contribution < 1.29 is 9.53 Å². The lowest BCUT2D eigenvalue weighted by Gasteiger charge is -2.05. The van der Waals surface area contributed by atoms with Crippen LogP contribution in [0.1, 0.15) is 12.0 Å². The summed E-state index contributed by atoms with van der Waals surface area (Å²) < 4.78 is 5.29. The molecular formula is C23H20N2O3S2. The molecular weight excluding hydrogens is 416 g/mol. The van der Waals surface area contributed by atoms with Crippen LogP contribution >= 0.6 is 23.1 Å². The van der Waals surface area contributed by atoms with E-state index in [1.54, 1.807) is 0 Å². The van der Waals surface area contributed by atoms with Crippen LogP contribution in [0.5, 0.6) is 0 Å². The van der Waals surface area contributed by atoms with Crippen LogP contribution in [0.25, 0.3) is 21.3 Å². The molecule has 0 aliphatic rings. The summed E-state index contributed by atoms with van der Waals surface area (Å²) in [5.41, 5.74) is 2.89. The number of aromatic nitrogens is 2. The molecule has 0 aliphatic heterocycles. The summed E-state index contributed by atoms with van der Waals surface area (Å²) in [6.45, 7) is 0.378. The first-order valence-corrected chi connectivity index (χ1v) is 11.5. The van der Waals surface area contributed by atoms with Gasteiger partial charge in [0.05, 0.1) is 17.7 Å². The highest BCUT2D eigenvalue weighted by Crippen LogP contribution is 2.31. The van der Waals surface area contributed by atoms with Gasteiger partial charge in [0, 0.05) is 10.9 Å². The van der Waals surface area contributed by atoms with E-state index in [9.17, 15) is 9.59 Å². The van der Waals surface area contributed by atoms with E-state index in [0.717, 1.165) is 24.0 Å². The summed E-state index contributed by atoms with van der Waals surface area (Å²) in [6.07, 6.45) is 1.65. The Morgan fingerprint density at radius 3 is 2.57 bits per heavy atom.